The number of anilines is 1. The second-order valence-corrected chi connectivity index (χ2v) is 3.87. The van der Waals surface area contributed by atoms with E-state index < -0.39 is 12.0 Å². The maximum Gasteiger partial charge on any atom is 0.326 e. The Morgan fingerprint density at radius 1 is 1.33 bits per heavy atom. The first-order valence-electron chi connectivity index (χ1n) is 4.97. The lowest BCUT2D eigenvalue weighted by Gasteiger charge is -2.27. The minimum Gasteiger partial charge on any atom is -0.480 e. The van der Waals surface area contributed by atoms with Crippen molar-refractivity contribution in [3.8, 4) is 0 Å². The van der Waals surface area contributed by atoms with Crippen LogP contribution in [0.2, 0.25) is 0 Å². The quantitative estimate of drug-likeness (QED) is 0.826. The van der Waals surface area contributed by atoms with Crippen molar-refractivity contribution in [3.63, 3.8) is 0 Å². The third-order valence-corrected chi connectivity index (χ3v) is 2.73. The summed E-state index contributed by atoms with van der Waals surface area (Å²) in [7, 11) is 1.81. The zero-order valence-corrected chi connectivity index (χ0v) is 9.61. The smallest absolute Gasteiger partial charge is 0.326 e. The fraction of sp³-hybridized carbons (Fsp3) is 0.417. The zero-order chi connectivity index (χ0) is 11.6. The molecule has 0 heterocycles. The highest BCUT2D eigenvalue weighted by Gasteiger charge is 2.19. The topological polar surface area (TPSA) is 40.5 Å². The van der Waals surface area contributed by atoms with Crippen LogP contribution in [0.4, 0.5) is 5.69 Å². The first-order valence-corrected chi connectivity index (χ1v) is 4.97. The van der Waals surface area contributed by atoms with Crippen molar-refractivity contribution < 1.29 is 9.90 Å². The molecule has 3 nitrogen and oxygen atoms in total. The van der Waals surface area contributed by atoms with Gasteiger partial charge >= 0.3 is 5.97 Å². The number of likely N-dealkylation sites (N-methyl/N-ethyl adjacent to an activating group) is 1. The fourth-order valence-electron chi connectivity index (χ4n) is 1.72. The molecule has 15 heavy (non-hydrogen) atoms. The standard InChI is InChI=1S/C12H17NO2/c1-8-6-5-7-9(2)11(8)13(4)10(3)12(14)15/h5-7,10H,1-4H3,(H,14,15)/t10-/m0/s1. The molecule has 82 valence electrons. The van der Waals surface area contributed by atoms with Crippen LogP contribution >= 0.6 is 0 Å². The Morgan fingerprint density at radius 2 is 1.80 bits per heavy atom. The van der Waals surface area contributed by atoms with Gasteiger partial charge in [-0.05, 0) is 31.9 Å². The van der Waals surface area contributed by atoms with Crippen molar-refractivity contribution in [3.05, 3.63) is 29.3 Å². The molecule has 0 aromatic heterocycles. The molecule has 0 saturated carbocycles. The molecule has 0 aliphatic heterocycles. The fourth-order valence-corrected chi connectivity index (χ4v) is 1.72. The third kappa shape index (κ3) is 2.29. The Morgan fingerprint density at radius 3 is 2.20 bits per heavy atom. The molecule has 0 fully saturated rings. The largest absolute Gasteiger partial charge is 0.480 e. The SMILES string of the molecule is Cc1cccc(C)c1N(C)[C@@H](C)C(=O)O. The molecule has 3 heteroatoms. The summed E-state index contributed by atoms with van der Waals surface area (Å²) in [4.78, 5) is 12.7. The Balaban J connectivity index is 3.10. The highest BCUT2D eigenvalue weighted by molar-refractivity contribution is 5.78. The number of nitrogens with zero attached hydrogens (tertiary/aromatic N) is 1. The second kappa shape index (κ2) is 4.34. The Bertz CT molecular complexity index is 354. The van der Waals surface area contributed by atoms with Gasteiger partial charge in [0.25, 0.3) is 0 Å². The molecule has 0 unspecified atom stereocenters. The molecule has 0 aliphatic carbocycles. The van der Waals surface area contributed by atoms with Gasteiger partial charge in [0.1, 0.15) is 6.04 Å². The van der Waals surface area contributed by atoms with Crippen molar-refractivity contribution in [2.75, 3.05) is 11.9 Å². The molecule has 0 spiro atoms. The van der Waals surface area contributed by atoms with Gasteiger partial charge < -0.3 is 10.0 Å². The van der Waals surface area contributed by atoms with Crippen LogP contribution in [-0.2, 0) is 4.79 Å². The van der Waals surface area contributed by atoms with E-state index >= 15 is 0 Å². The van der Waals surface area contributed by atoms with E-state index in [1.807, 2.05) is 39.1 Å². The second-order valence-electron chi connectivity index (χ2n) is 3.87. The van der Waals surface area contributed by atoms with E-state index in [1.54, 1.807) is 11.8 Å². The molecule has 0 saturated heterocycles. The third-order valence-electron chi connectivity index (χ3n) is 2.73. The molecular formula is C12H17NO2. The van der Waals surface area contributed by atoms with Crippen LogP contribution < -0.4 is 4.90 Å². The summed E-state index contributed by atoms with van der Waals surface area (Å²) in [6.45, 7) is 5.68. The van der Waals surface area contributed by atoms with E-state index in [0.29, 0.717) is 0 Å². The number of carbonyl (C=O) groups is 1. The first kappa shape index (κ1) is 11.6. The maximum atomic E-state index is 10.9. The lowest BCUT2D eigenvalue weighted by molar-refractivity contribution is -0.138. The summed E-state index contributed by atoms with van der Waals surface area (Å²) in [6.07, 6.45) is 0. The molecule has 0 bridgehead atoms. The molecule has 0 amide bonds. The van der Waals surface area contributed by atoms with E-state index in [9.17, 15) is 4.79 Å². The van der Waals surface area contributed by atoms with Gasteiger partial charge in [0.15, 0.2) is 0 Å². The lowest BCUT2D eigenvalue weighted by Crippen LogP contribution is -2.36. The van der Waals surface area contributed by atoms with E-state index in [4.69, 9.17) is 5.11 Å². The average molecular weight is 207 g/mol. The Labute approximate surface area is 90.3 Å². The molecule has 1 N–H and O–H groups in total. The van der Waals surface area contributed by atoms with Crippen molar-refractivity contribution in [1.82, 2.24) is 0 Å². The summed E-state index contributed by atoms with van der Waals surface area (Å²) in [5.74, 6) is -0.805. The van der Waals surface area contributed by atoms with Gasteiger partial charge in [-0.3, -0.25) is 0 Å². The number of para-hydroxylation sites is 1. The predicted octanol–water partition coefficient (Wildman–Crippen LogP) is 2.21. The van der Waals surface area contributed by atoms with Crippen LogP contribution in [-0.4, -0.2) is 24.2 Å². The average Bonchev–Trinajstić information content (AvgIpc) is 2.15. The Hall–Kier alpha value is -1.51. The van der Waals surface area contributed by atoms with Crippen LogP contribution in [0.1, 0.15) is 18.1 Å². The number of aryl methyl sites for hydroxylation is 2. The number of rotatable bonds is 3. The van der Waals surface area contributed by atoms with E-state index in [0.717, 1.165) is 16.8 Å². The van der Waals surface area contributed by atoms with E-state index in [2.05, 4.69) is 0 Å². The number of carboxylic acid groups (broad SMARTS) is 1. The maximum absolute atomic E-state index is 10.9. The highest BCUT2D eigenvalue weighted by atomic mass is 16.4. The number of hydrogen-bond donors (Lipinski definition) is 1. The first-order chi connectivity index (χ1) is 6.95. The van der Waals surface area contributed by atoms with Crippen molar-refractivity contribution in [2.24, 2.45) is 0 Å². The minimum atomic E-state index is -0.805. The summed E-state index contributed by atoms with van der Waals surface area (Å²) in [6, 6.07) is 5.46. The summed E-state index contributed by atoms with van der Waals surface area (Å²) in [5, 5.41) is 8.95. The van der Waals surface area contributed by atoms with Gasteiger partial charge in [-0.2, -0.15) is 0 Å². The number of aliphatic carboxylic acids is 1. The number of hydrogen-bond acceptors (Lipinski definition) is 2. The van der Waals surface area contributed by atoms with Crippen LogP contribution in [0.5, 0.6) is 0 Å². The van der Waals surface area contributed by atoms with Crippen molar-refractivity contribution >= 4 is 11.7 Å². The van der Waals surface area contributed by atoms with Crippen LogP contribution in [0.25, 0.3) is 0 Å². The van der Waals surface area contributed by atoms with Crippen LogP contribution in [0, 0.1) is 13.8 Å². The molecule has 1 aromatic rings. The van der Waals surface area contributed by atoms with Crippen molar-refractivity contribution in [1.29, 1.82) is 0 Å². The van der Waals surface area contributed by atoms with E-state index in [1.165, 1.54) is 0 Å². The molecule has 1 aromatic carbocycles. The Kier molecular flexibility index (Phi) is 3.35. The van der Waals surface area contributed by atoms with Gasteiger partial charge in [-0.15, -0.1) is 0 Å². The predicted molar refractivity (Wildman–Crippen MR) is 61.4 cm³/mol. The molecule has 1 rings (SSSR count). The molecule has 0 aliphatic rings. The van der Waals surface area contributed by atoms with Gasteiger partial charge in [-0.25, -0.2) is 4.79 Å². The van der Waals surface area contributed by atoms with Gasteiger partial charge in [0.05, 0.1) is 0 Å². The molecular weight excluding hydrogens is 190 g/mol. The number of benzene rings is 1. The van der Waals surface area contributed by atoms with Crippen LogP contribution in [0.3, 0.4) is 0 Å². The van der Waals surface area contributed by atoms with Gasteiger partial charge in [0, 0.05) is 12.7 Å². The minimum absolute atomic E-state index is 0.509. The summed E-state index contributed by atoms with van der Waals surface area (Å²) in [5.41, 5.74) is 3.21. The van der Waals surface area contributed by atoms with Crippen LogP contribution in [0.15, 0.2) is 18.2 Å². The van der Waals surface area contributed by atoms with Crippen molar-refractivity contribution in [2.45, 2.75) is 26.8 Å². The normalized spacial score (nSPS) is 12.3. The highest BCUT2D eigenvalue weighted by Crippen LogP contribution is 2.24. The van der Waals surface area contributed by atoms with Gasteiger partial charge in [-0.1, -0.05) is 18.2 Å². The molecule has 0 radical (unpaired) electrons. The summed E-state index contributed by atoms with van der Waals surface area (Å²) < 4.78 is 0. The monoisotopic (exact) mass is 207 g/mol. The number of carboxylic acids is 1. The lowest BCUT2D eigenvalue weighted by atomic mass is 10.1. The zero-order valence-electron chi connectivity index (χ0n) is 9.61. The summed E-state index contributed by atoms with van der Waals surface area (Å²) >= 11 is 0. The van der Waals surface area contributed by atoms with Gasteiger partial charge in [0.2, 0.25) is 0 Å². The van der Waals surface area contributed by atoms with E-state index in [-0.39, 0.29) is 0 Å². The molecule has 1 atom stereocenters.